The molecular formula is C18H12F3N3. The van der Waals surface area contributed by atoms with E-state index >= 15 is 0 Å². The van der Waals surface area contributed by atoms with E-state index in [0.717, 1.165) is 23.3 Å². The molecule has 1 heterocycles. The Bertz CT molecular complexity index is 890. The third-order valence-corrected chi connectivity index (χ3v) is 3.56. The van der Waals surface area contributed by atoms with Gasteiger partial charge < -0.3 is 0 Å². The van der Waals surface area contributed by atoms with Crippen molar-refractivity contribution in [3.8, 4) is 22.9 Å². The number of hydrogen-bond acceptors (Lipinski definition) is 2. The van der Waals surface area contributed by atoms with Crippen LogP contribution in [0.5, 0.6) is 0 Å². The highest BCUT2D eigenvalue weighted by Gasteiger charge is 2.30. The maximum absolute atomic E-state index is 12.9. The number of hydrogen-bond donors (Lipinski definition) is 0. The standard InChI is InChI=1S/C18H12F3N3/c19-18(20,21)14-7-4-8-15(11-14)24-12-16(17(23-24)9-10-22)13-5-2-1-3-6-13/h1-8,11-12H,9H2. The van der Waals surface area contributed by atoms with Crippen LogP contribution in [0.2, 0.25) is 0 Å². The van der Waals surface area contributed by atoms with Gasteiger partial charge >= 0.3 is 6.18 Å². The van der Waals surface area contributed by atoms with E-state index in [9.17, 15) is 13.2 Å². The summed E-state index contributed by atoms with van der Waals surface area (Å²) in [6, 6.07) is 16.3. The summed E-state index contributed by atoms with van der Waals surface area (Å²) in [4.78, 5) is 0. The third kappa shape index (κ3) is 3.15. The molecule has 0 bridgehead atoms. The lowest BCUT2D eigenvalue weighted by Gasteiger charge is -2.08. The van der Waals surface area contributed by atoms with E-state index in [0.29, 0.717) is 11.4 Å². The van der Waals surface area contributed by atoms with Gasteiger partial charge in [0.1, 0.15) is 0 Å². The number of aromatic nitrogens is 2. The highest BCUT2D eigenvalue weighted by Crippen LogP contribution is 2.31. The molecule has 0 aliphatic carbocycles. The summed E-state index contributed by atoms with van der Waals surface area (Å²) >= 11 is 0. The van der Waals surface area contributed by atoms with Gasteiger partial charge in [0.15, 0.2) is 0 Å². The minimum absolute atomic E-state index is 0.0796. The van der Waals surface area contributed by atoms with E-state index in [2.05, 4.69) is 5.10 Å². The maximum atomic E-state index is 12.9. The maximum Gasteiger partial charge on any atom is 0.416 e. The first-order valence-corrected chi connectivity index (χ1v) is 7.17. The minimum atomic E-state index is -4.42. The molecule has 1 aromatic heterocycles. The van der Waals surface area contributed by atoms with Crippen LogP contribution < -0.4 is 0 Å². The minimum Gasteiger partial charge on any atom is -0.240 e. The molecule has 3 nitrogen and oxygen atoms in total. The Morgan fingerprint density at radius 3 is 2.46 bits per heavy atom. The zero-order chi connectivity index (χ0) is 17.2. The highest BCUT2D eigenvalue weighted by molar-refractivity contribution is 5.66. The number of nitrogens with zero attached hydrogens (tertiary/aromatic N) is 3. The molecule has 24 heavy (non-hydrogen) atoms. The fourth-order valence-electron chi connectivity index (χ4n) is 2.43. The number of benzene rings is 2. The molecular weight excluding hydrogens is 315 g/mol. The molecule has 6 heteroatoms. The second-order valence-corrected chi connectivity index (χ2v) is 5.18. The quantitative estimate of drug-likeness (QED) is 0.704. The van der Waals surface area contributed by atoms with Gasteiger partial charge in [0, 0.05) is 11.8 Å². The van der Waals surface area contributed by atoms with Gasteiger partial charge in [-0.1, -0.05) is 36.4 Å². The fourth-order valence-corrected chi connectivity index (χ4v) is 2.43. The molecule has 0 atom stereocenters. The van der Waals surface area contributed by atoms with Crippen molar-refractivity contribution in [2.45, 2.75) is 12.6 Å². The molecule has 120 valence electrons. The molecule has 0 amide bonds. The van der Waals surface area contributed by atoms with Gasteiger partial charge in [-0.15, -0.1) is 0 Å². The molecule has 0 aliphatic heterocycles. The van der Waals surface area contributed by atoms with Crippen LogP contribution in [0, 0.1) is 11.3 Å². The first-order valence-electron chi connectivity index (χ1n) is 7.17. The van der Waals surface area contributed by atoms with E-state index in [1.807, 2.05) is 36.4 Å². The molecule has 0 spiro atoms. The van der Waals surface area contributed by atoms with Crippen molar-refractivity contribution in [1.82, 2.24) is 9.78 Å². The predicted octanol–water partition coefficient (Wildman–Crippen LogP) is 4.62. The monoisotopic (exact) mass is 327 g/mol. The molecule has 0 radical (unpaired) electrons. The average Bonchev–Trinajstić information content (AvgIpc) is 2.99. The van der Waals surface area contributed by atoms with E-state index in [1.54, 1.807) is 12.3 Å². The van der Waals surface area contributed by atoms with Crippen LogP contribution in [-0.2, 0) is 12.6 Å². The lowest BCUT2D eigenvalue weighted by atomic mass is 10.1. The van der Waals surface area contributed by atoms with E-state index in [4.69, 9.17) is 5.26 Å². The predicted molar refractivity (Wildman–Crippen MR) is 83.3 cm³/mol. The number of rotatable bonds is 3. The first kappa shape index (κ1) is 15.8. The lowest BCUT2D eigenvalue weighted by molar-refractivity contribution is -0.137. The Labute approximate surface area is 136 Å². The van der Waals surface area contributed by atoms with E-state index < -0.39 is 11.7 Å². The van der Waals surface area contributed by atoms with Crippen LogP contribution in [0.25, 0.3) is 16.8 Å². The van der Waals surface area contributed by atoms with Gasteiger partial charge in [0.2, 0.25) is 0 Å². The molecule has 2 aromatic carbocycles. The smallest absolute Gasteiger partial charge is 0.240 e. The van der Waals surface area contributed by atoms with E-state index in [1.165, 1.54) is 10.7 Å². The van der Waals surface area contributed by atoms with Crippen molar-refractivity contribution in [3.05, 3.63) is 72.1 Å². The number of nitriles is 1. The topological polar surface area (TPSA) is 41.6 Å². The highest BCUT2D eigenvalue weighted by atomic mass is 19.4. The number of alkyl halides is 3. The van der Waals surface area contributed by atoms with E-state index in [-0.39, 0.29) is 6.42 Å². The Hall–Kier alpha value is -3.07. The molecule has 0 N–H and O–H groups in total. The van der Waals surface area contributed by atoms with Crippen LogP contribution in [-0.4, -0.2) is 9.78 Å². The Morgan fingerprint density at radius 2 is 1.79 bits per heavy atom. The second kappa shape index (κ2) is 6.20. The zero-order valence-electron chi connectivity index (χ0n) is 12.5. The molecule has 0 saturated heterocycles. The molecule has 0 aliphatic rings. The van der Waals surface area contributed by atoms with Crippen LogP contribution in [0.3, 0.4) is 0 Å². The Kier molecular flexibility index (Phi) is 4.09. The third-order valence-electron chi connectivity index (χ3n) is 3.56. The fraction of sp³-hybridized carbons (Fsp3) is 0.111. The van der Waals surface area contributed by atoms with Gasteiger partial charge in [-0.2, -0.15) is 23.5 Å². The van der Waals surface area contributed by atoms with Gasteiger partial charge in [-0.3, -0.25) is 0 Å². The van der Waals surface area contributed by atoms with Crippen LogP contribution in [0.1, 0.15) is 11.3 Å². The second-order valence-electron chi connectivity index (χ2n) is 5.18. The van der Waals surface area contributed by atoms with Crippen molar-refractivity contribution in [2.24, 2.45) is 0 Å². The van der Waals surface area contributed by atoms with Crippen molar-refractivity contribution in [1.29, 1.82) is 5.26 Å². The van der Waals surface area contributed by atoms with Crippen molar-refractivity contribution in [3.63, 3.8) is 0 Å². The molecule has 0 saturated carbocycles. The molecule has 3 rings (SSSR count). The van der Waals surface area contributed by atoms with Crippen LogP contribution in [0.15, 0.2) is 60.8 Å². The summed E-state index contributed by atoms with van der Waals surface area (Å²) < 4.78 is 40.0. The Morgan fingerprint density at radius 1 is 1.04 bits per heavy atom. The van der Waals surface area contributed by atoms with Crippen molar-refractivity contribution in [2.75, 3.05) is 0 Å². The van der Waals surface area contributed by atoms with Crippen LogP contribution in [0.4, 0.5) is 13.2 Å². The van der Waals surface area contributed by atoms with Crippen LogP contribution >= 0.6 is 0 Å². The lowest BCUT2D eigenvalue weighted by Crippen LogP contribution is -2.06. The first-order chi connectivity index (χ1) is 11.5. The molecule has 0 unspecified atom stereocenters. The SMILES string of the molecule is N#CCc1nn(-c2cccc(C(F)(F)F)c2)cc1-c1ccccc1. The number of halogens is 3. The summed E-state index contributed by atoms with van der Waals surface area (Å²) in [5.74, 6) is 0. The summed E-state index contributed by atoms with van der Waals surface area (Å²) in [5, 5.41) is 13.3. The molecule has 3 aromatic rings. The summed E-state index contributed by atoms with van der Waals surface area (Å²) in [7, 11) is 0. The Balaban J connectivity index is 2.09. The van der Waals surface area contributed by atoms with Gasteiger partial charge in [0.25, 0.3) is 0 Å². The normalized spacial score (nSPS) is 11.2. The molecule has 0 fully saturated rings. The summed E-state index contributed by atoms with van der Waals surface area (Å²) in [6.07, 6.45) is -2.69. The van der Waals surface area contributed by atoms with Gasteiger partial charge in [-0.25, -0.2) is 4.68 Å². The zero-order valence-corrected chi connectivity index (χ0v) is 12.5. The van der Waals surface area contributed by atoms with Gasteiger partial charge in [0.05, 0.1) is 29.4 Å². The van der Waals surface area contributed by atoms with Gasteiger partial charge in [-0.05, 0) is 23.8 Å². The van der Waals surface area contributed by atoms with Crippen molar-refractivity contribution < 1.29 is 13.2 Å². The van der Waals surface area contributed by atoms with Crippen molar-refractivity contribution >= 4 is 0 Å². The summed E-state index contributed by atoms with van der Waals surface area (Å²) in [5.41, 5.74) is 1.68. The summed E-state index contributed by atoms with van der Waals surface area (Å²) in [6.45, 7) is 0. The average molecular weight is 327 g/mol. The largest absolute Gasteiger partial charge is 0.416 e.